The third-order valence-corrected chi connectivity index (χ3v) is 3.45. The number of ether oxygens (including phenoxy) is 1. The van der Waals surface area contributed by atoms with Crippen LogP contribution in [0, 0.1) is 0 Å². The molecule has 0 unspecified atom stereocenters. The Balaban J connectivity index is 1.77. The molecule has 0 aliphatic heterocycles. The minimum atomic E-state index is -0.987. The van der Waals surface area contributed by atoms with Gasteiger partial charge in [0.25, 0.3) is 11.8 Å². The third-order valence-electron chi connectivity index (χ3n) is 3.45. The molecule has 2 N–H and O–H groups in total. The van der Waals surface area contributed by atoms with Crippen molar-refractivity contribution in [2.24, 2.45) is 0 Å². The van der Waals surface area contributed by atoms with Crippen LogP contribution in [0.3, 0.4) is 0 Å². The molecular formula is C18H20N2O5. The molecule has 7 nitrogen and oxygen atoms in total. The molecule has 2 rings (SSSR count). The summed E-state index contributed by atoms with van der Waals surface area (Å²) < 4.78 is 9.90. The zero-order chi connectivity index (χ0) is 18.2. The molecule has 7 heteroatoms. The number of rotatable bonds is 7. The van der Waals surface area contributed by atoms with Crippen LogP contribution in [0.4, 0.5) is 5.69 Å². The van der Waals surface area contributed by atoms with Crippen molar-refractivity contribution in [3.63, 3.8) is 0 Å². The predicted octanol–water partition coefficient (Wildman–Crippen LogP) is 2.14. The average molecular weight is 344 g/mol. The Labute approximate surface area is 145 Å². The second-order valence-corrected chi connectivity index (χ2v) is 5.33. The Morgan fingerprint density at radius 2 is 1.88 bits per heavy atom. The molecule has 0 saturated heterocycles. The Morgan fingerprint density at radius 3 is 2.48 bits per heavy atom. The van der Waals surface area contributed by atoms with E-state index in [-0.39, 0.29) is 12.3 Å². The molecule has 2 amide bonds. The minimum Gasteiger partial charge on any atom is -0.459 e. The summed E-state index contributed by atoms with van der Waals surface area (Å²) in [7, 11) is 0. The minimum absolute atomic E-state index is 0.0918. The van der Waals surface area contributed by atoms with Gasteiger partial charge in [-0.1, -0.05) is 19.1 Å². The monoisotopic (exact) mass is 344 g/mol. The number of amides is 2. The summed E-state index contributed by atoms with van der Waals surface area (Å²) >= 11 is 0. The number of anilines is 1. The van der Waals surface area contributed by atoms with Crippen molar-refractivity contribution >= 4 is 23.5 Å². The first-order chi connectivity index (χ1) is 12.0. The fourth-order valence-corrected chi connectivity index (χ4v) is 2.01. The molecule has 25 heavy (non-hydrogen) atoms. The van der Waals surface area contributed by atoms with Gasteiger partial charge in [-0.2, -0.15) is 0 Å². The van der Waals surface area contributed by atoms with Gasteiger partial charge in [0.05, 0.1) is 6.26 Å². The number of hydrogen-bond acceptors (Lipinski definition) is 5. The van der Waals surface area contributed by atoms with Crippen LogP contribution in [0.1, 0.15) is 30.0 Å². The summed E-state index contributed by atoms with van der Waals surface area (Å²) in [5, 5.41) is 5.02. The third kappa shape index (κ3) is 5.49. The van der Waals surface area contributed by atoms with Crippen molar-refractivity contribution < 1.29 is 23.5 Å². The number of aryl methyl sites for hydroxylation is 1. The van der Waals surface area contributed by atoms with Crippen LogP contribution in [0.2, 0.25) is 0 Å². The van der Waals surface area contributed by atoms with Gasteiger partial charge in [-0.25, -0.2) is 0 Å². The van der Waals surface area contributed by atoms with E-state index in [1.807, 2.05) is 19.1 Å². The Kier molecular flexibility index (Phi) is 6.33. The predicted molar refractivity (Wildman–Crippen MR) is 91.0 cm³/mol. The number of carbonyl (C=O) groups is 3. The molecule has 0 bridgehead atoms. The molecule has 0 fully saturated rings. The molecule has 1 aromatic heterocycles. The van der Waals surface area contributed by atoms with E-state index in [9.17, 15) is 14.4 Å². The van der Waals surface area contributed by atoms with Crippen molar-refractivity contribution in [3.8, 4) is 0 Å². The summed E-state index contributed by atoms with van der Waals surface area (Å²) in [5.74, 6) is -1.61. The van der Waals surface area contributed by atoms with E-state index in [0.29, 0.717) is 5.69 Å². The van der Waals surface area contributed by atoms with Crippen molar-refractivity contribution in [1.29, 1.82) is 0 Å². The van der Waals surface area contributed by atoms with E-state index in [4.69, 9.17) is 9.15 Å². The first kappa shape index (κ1) is 18.3. The van der Waals surface area contributed by atoms with E-state index >= 15 is 0 Å². The van der Waals surface area contributed by atoms with Crippen molar-refractivity contribution in [3.05, 3.63) is 54.0 Å². The van der Waals surface area contributed by atoms with E-state index < -0.39 is 23.9 Å². The SMILES string of the molecule is CCc1ccc(NC(=O)[C@H](C)OC(=O)CNC(=O)c2ccco2)cc1. The molecule has 1 heterocycles. The fourth-order valence-electron chi connectivity index (χ4n) is 2.01. The summed E-state index contributed by atoms with van der Waals surface area (Å²) in [6, 6.07) is 10.4. The van der Waals surface area contributed by atoms with E-state index in [0.717, 1.165) is 12.0 Å². The smallest absolute Gasteiger partial charge is 0.326 e. The maximum Gasteiger partial charge on any atom is 0.326 e. The molecule has 0 aliphatic carbocycles. The van der Waals surface area contributed by atoms with Gasteiger partial charge in [0.15, 0.2) is 11.9 Å². The number of hydrogen-bond donors (Lipinski definition) is 2. The van der Waals surface area contributed by atoms with Crippen LogP contribution in [0.5, 0.6) is 0 Å². The standard InChI is InChI=1S/C18H20N2O5/c1-3-13-6-8-14(9-7-13)20-17(22)12(2)25-16(21)11-19-18(23)15-5-4-10-24-15/h4-10,12H,3,11H2,1-2H3,(H,19,23)(H,20,22)/t12-/m0/s1. The summed E-state index contributed by atoms with van der Waals surface area (Å²) in [4.78, 5) is 35.4. The first-order valence-electron chi connectivity index (χ1n) is 7.90. The highest BCUT2D eigenvalue weighted by atomic mass is 16.5. The molecule has 2 aromatic rings. The van der Waals surface area contributed by atoms with Gasteiger partial charge < -0.3 is 19.8 Å². The lowest BCUT2D eigenvalue weighted by Gasteiger charge is -2.14. The molecule has 0 saturated carbocycles. The van der Waals surface area contributed by atoms with Crippen molar-refractivity contribution in [1.82, 2.24) is 5.32 Å². The first-order valence-corrected chi connectivity index (χ1v) is 7.90. The lowest BCUT2D eigenvalue weighted by Crippen LogP contribution is -2.35. The second-order valence-electron chi connectivity index (χ2n) is 5.33. The molecule has 0 radical (unpaired) electrons. The Morgan fingerprint density at radius 1 is 1.16 bits per heavy atom. The maximum atomic E-state index is 12.0. The molecule has 0 aliphatic rings. The molecule has 132 valence electrons. The Bertz CT molecular complexity index is 722. The molecular weight excluding hydrogens is 324 g/mol. The molecule has 0 spiro atoms. The van der Waals surface area contributed by atoms with Gasteiger partial charge in [0.2, 0.25) is 0 Å². The van der Waals surface area contributed by atoms with Gasteiger partial charge >= 0.3 is 5.97 Å². The summed E-state index contributed by atoms with van der Waals surface area (Å²) in [6.45, 7) is 3.14. The van der Waals surface area contributed by atoms with Gasteiger partial charge in [-0.05, 0) is 43.2 Å². The number of carbonyl (C=O) groups excluding carboxylic acids is 3. The Hall–Kier alpha value is -3.09. The van der Waals surface area contributed by atoms with Crippen LogP contribution in [0.15, 0.2) is 47.1 Å². The number of furan rings is 1. The maximum absolute atomic E-state index is 12.0. The van der Waals surface area contributed by atoms with Gasteiger partial charge in [-0.3, -0.25) is 14.4 Å². The fraction of sp³-hybridized carbons (Fsp3) is 0.278. The normalized spacial score (nSPS) is 11.4. The lowest BCUT2D eigenvalue weighted by molar-refractivity contribution is -0.152. The lowest BCUT2D eigenvalue weighted by atomic mass is 10.1. The van der Waals surface area contributed by atoms with Gasteiger partial charge in [0, 0.05) is 5.69 Å². The highest BCUT2D eigenvalue weighted by Gasteiger charge is 2.19. The highest BCUT2D eigenvalue weighted by Crippen LogP contribution is 2.10. The van der Waals surface area contributed by atoms with E-state index in [2.05, 4.69) is 10.6 Å². The van der Waals surface area contributed by atoms with Crippen LogP contribution in [-0.4, -0.2) is 30.4 Å². The average Bonchev–Trinajstić information content (AvgIpc) is 3.15. The van der Waals surface area contributed by atoms with Crippen molar-refractivity contribution in [2.75, 3.05) is 11.9 Å². The van der Waals surface area contributed by atoms with E-state index in [1.165, 1.54) is 19.3 Å². The second kappa shape index (κ2) is 8.68. The quantitative estimate of drug-likeness (QED) is 0.750. The zero-order valence-corrected chi connectivity index (χ0v) is 14.1. The largest absolute Gasteiger partial charge is 0.459 e. The van der Waals surface area contributed by atoms with Crippen molar-refractivity contribution in [2.45, 2.75) is 26.4 Å². The number of nitrogens with one attached hydrogen (secondary N) is 2. The zero-order valence-electron chi connectivity index (χ0n) is 14.1. The highest BCUT2D eigenvalue weighted by molar-refractivity contribution is 5.96. The number of benzene rings is 1. The summed E-state index contributed by atoms with van der Waals surface area (Å²) in [6.07, 6.45) is 1.28. The van der Waals surface area contributed by atoms with Gasteiger partial charge in [-0.15, -0.1) is 0 Å². The van der Waals surface area contributed by atoms with Crippen LogP contribution >= 0.6 is 0 Å². The summed E-state index contributed by atoms with van der Waals surface area (Å²) in [5.41, 5.74) is 1.78. The van der Waals surface area contributed by atoms with Crippen LogP contribution < -0.4 is 10.6 Å². The molecule has 1 atom stereocenters. The van der Waals surface area contributed by atoms with Gasteiger partial charge in [0.1, 0.15) is 6.54 Å². The topological polar surface area (TPSA) is 97.6 Å². The molecule has 1 aromatic carbocycles. The van der Waals surface area contributed by atoms with Crippen LogP contribution in [-0.2, 0) is 20.7 Å². The van der Waals surface area contributed by atoms with Crippen LogP contribution in [0.25, 0.3) is 0 Å². The van der Waals surface area contributed by atoms with E-state index in [1.54, 1.807) is 18.2 Å². The number of esters is 1.